The molecule has 0 spiro atoms. The fourth-order valence-corrected chi connectivity index (χ4v) is 8.38. The molecule has 4 rings (SSSR count). The average Bonchev–Trinajstić information content (AvgIpc) is 2.90. The van der Waals surface area contributed by atoms with Crippen molar-refractivity contribution in [3.05, 3.63) is 0 Å². The van der Waals surface area contributed by atoms with E-state index >= 15 is 0 Å². The first kappa shape index (κ1) is 30.6. The molecule has 39 heavy (non-hydrogen) atoms. The zero-order valence-electron chi connectivity index (χ0n) is 22.5. The summed E-state index contributed by atoms with van der Waals surface area (Å²) in [5.41, 5.74) is 0. The Bertz CT molecular complexity index is 823. The average molecular weight is 573 g/mol. The van der Waals surface area contributed by atoms with Gasteiger partial charge in [-0.3, -0.25) is 14.4 Å². The number of hydrogen-bond acceptors (Lipinski definition) is 9. The van der Waals surface area contributed by atoms with Crippen LogP contribution < -0.4 is 0 Å². The van der Waals surface area contributed by atoms with Crippen molar-refractivity contribution < 1.29 is 49.3 Å². The first-order chi connectivity index (χ1) is 18.7. The Labute approximate surface area is 234 Å². The van der Waals surface area contributed by atoms with Gasteiger partial charge in [0.25, 0.3) is 0 Å². The van der Waals surface area contributed by atoms with Crippen molar-refractivity contribution in [3.8, 4) is 0 Å². The molecule has 4 fully saturated rings. The highest BCUT2D eigenvalue weighted by Gasteiger charge is 2.41. The van der Waals surface area contributed by atoms with Crippen molar-refractivity contribution in [1.82, 2.24) is 0 Å². The van der Waals surface area contributed by atoms with Gasteiger partial charge in [0.15, 0.2) is 0 Å². The topological polar surface area (TPSA) is 160 Å². The van der Waals surface area contributed by atoms with E-state index in [2.05, 4.69) is 0 Å². The Morgan fingerprint density at radius 3 is 1.77 bits per heavy atom. The van der Waals surface area contributed by atoms with E-state index in [0.29, 0.717) is 42.6 Å². The van der Waals surface area contributed by atoms with Crippen LogP contribution >= 0.6 is 11.8 Å². The molecular weight excluding hydrogens is 528 g/mol. The third kappa shape index (κ3) is 8.79. The van der Waals surface area contributed by atoms with Crippen molar-refractivity contribution in [2.75, 3.05) is 6.61 Å². The number of thioether (sulfide) groups is 1. The predicted octanol–water partition coefficient (Wildman–Crippen LogP) is 3.56. The number of esters is 1. The van der Waals surface area contributed by atoms with Gasteiger partial charge >= 0.3 is 17.9 Å². The lowest BCUT2D eigenvalue weighted by atomic mass is 9.78. The minimum Gasteiger partial charge on any atom is -0.481 e. The largest absolute Gasteiger partial charge is 0.481 e. The maximum Gasteiger partial charge on any atom is 0.310 e. The highest BCUT2D eigenvalue weighted by Crippen LogP contribution is 2.39. The number of rotatable bonds is 10. The second-order valence-electron chi connectivity index (χ2n) is 11.9. The van der Waals surface area contributed by atoms with E-state index < -0.39 is 47.9 Å². The molecule has 0 aromatic rings. The van der Waals surface area contributed by atoms with E-state index in [9.17, 15) is 34.8 Å². The smallest absolute Gasteiger partial charge is 0.310 e. The molecule has 0 bridgehead atoms. The van der Waals surface area contributed by atoms with Gasteiger partial charge in [-0.25, -0.2) is 9.78 Å². The Kier molecular flexibility index (Phi) is 11.3. The number of hydrogen-bond donors (Lipinski definition) is 4. The van der Waals surface area contributed by atoms with Crippen molar-refractivity contribution in [1.29, 1.82) is 0 Å². The molecule has 4 aliphatic rings. The number of ether oxygens (including phenoxy) is 1. The van der Waals surface area contributed by atoms with Gasteiger partial charge in [-0.2, -0.15) is 11.8 Å². The van der Waals surface area contributed by atoms with Gasteiger partial charge in [0.2, 0.25) is 0 Å². The number of aliphatic hydroxyl groups excluding tert-OH is 2. The molecule has 0 aliphatic heterocycles. The molecule has 4 aliphatic carbocycles. The third-order valence-electron chi connectivity index (χ3n) is 9.11. The summed E-state index contributed by atoms with van der Waals surface area (Å²) in [5, 5.41) is 39.7. The van der Waals surface area contributed by atoms with Crippen LogP contribution in [0.5, 0.6) is 0 Å². The van der Waals surface area contributed by atoms with Crippen LogP contribution in [0.15, 0.2) is 0 Å². The minimum absolute atomic E-state index is 0.00160. The quantitative estimate of drug-likeness (QED) is 0.172. The van der Waals surface area contributed by atoms with Crippen LogP contribution in [-0.4, -0.2) is 79.9 Å². The van der Waals surface area contributed by atoms with Gasteiger partial charge in [-0.1, -0.05) is 0 Å². The fraction of sp³-hybridized carbons (Fsp3) is 0.893. The van der Waals surface area contributed by atoms with E-state index in [1.54, 1.807) is 0 Å². The lowest BCUT2D eigenvalue weighted by Crippen LogP contribution is -2.40. The molecule has 4 N–H and O–H groups in total. The molecule has 0 radical (unpaired) electrons. The van der Waals surface area contributed by atoms with Gasteiger partial charge in [0.1, 0.15) is 6.10 Å². The zero-order chi connectivity index (χ0) is 27.9. The number of carbonyl (C=O) groups is 3. The maximum atomic E-state index is 12.7. The van der Waals surface area contributed by atoms with Gasteiger partial charge in [-0.15, -0.1) is 0 Å². The van der Waals surface area contributed by atoms with Gasteiger partial charge in [0.05, 0.1) is 42.7 Å². The van der Waals surface area contributed by atoms with Crippen molar-refractivity contribution in [2.24, 2.45) is 23.7 Å². The number of aliphatic hydroxyl groups is 2. The summed E-state index contributed by atoms with van der Waals surface area (Å²) in [6, 6.07) is 0. The van der Waals surface area contributed by atoms with Gasteiger partial charge in [0, 0.05) is 16.4 Å². The highest BCUT2D eigenvalue weighted by molar-refractivity contribution is 8.00. The van der Waals surface area contributed by atoms with Crippen LogP contribution in [0, 0.1) is 23.7 Å². The molecule has 10 nitrogen and oxygen atoms in total. The predicted molar refractivity (Wildman–Crippen MR) is 142 cm³/mol. The third-order valence-corrected chi connectivity index (χ3v) is 10.8. The normalized spacial score (nSPS) is 39.5. The first-order valence-electron chi connectivity index (χ1n) is 14.7. The second kappa shape index (κ2) is 14.5. The van der Waals surface area contributed by atoms with E-state index in [1.165, 1.54) is 0 Å². The lowest BCUT2D eigenvalue weighted by Gasteiger charge is -2.35. The Morgan fingerprint density at radius 1 is 0.641 bits per heavy atom. The van der Waals surface area contributed by atoms with E-state index in [1.807, 2.05) is 11.8 Å². The molecule has 222 valence electrons. The van der Waals surface area contributed by atoms with E-state index in [-0.39, 0.29) is 31.2 Å². The fourth-order valence-electron chi connectivity index (χ4n) is 6.75. The molecule has 0 aromatic carbocycles. The molecular formula is C28H44O10S. The monoisotopic (exact) mass is 572 g/mol. The summed E-state index contributed by atoms with van der Waals surface area (Å²) < 4.78 is 5.72. The molecule has 11 heteroatoms. The zero-order valence-corrected chi connectivity index (χ0v) is 23.3. The van der Waals surface area contributed by atoms with Crippen LogP contribution in [0.2, 0.25) is 0 Å². The van der Waals surface area contributed by atoms with Gasteiger partial charge < -0.3 is 25.2 Å². The molecule has 6 unspecified atom stereocenters. The number of carboxylic acid groups (broad SMARTS) is 2. The minimum atomic E-state index is -0.994. The summed E-state index contributed by atoms with van der Waals surface area (Å²) in [5.74, 6) is -4.59. The summed E-state index contributed by atoms with van der Waals surface area (Å²) >= 11 is 2.01. The number of aliphatic carboxylic acids is 2. The Hall–Kier alpha value is -1.40. The first-order valence-corrected chi connectivity index (χ1v) is 15.6. The summed E-state index contributed by atoms with van der Waals surface area (Å²) in [7, 11) is 0. The Morgan fingerprint density at radius 2 is 1.18 bits per heavy atom. The second-order valence-corrected chi connectivity index (χ2v) is 13.5. The molecule has 0 saturated heterocycles. The number of carboxylic acids is 2. The van der Waals surface area contributed by atoms with Crippen molar-refractivity contribution >= 4 is 29.7 Å². The van der Waals surface area contributed by atoms with E-state index in [0.717, 1.165) is 51.4 Å². The molecule has 0 heterocycles. The van der Waals surface area contributed by atoms with Crippen LogP contribution in [0.4, 0.5) is 0 Å². The van der Waals surface area contributed by atoms with Crippen LogP contribution in [-0.2, 0) is 28.9 Å². The highest BCUT2D eigenvalue weighted by atomic mass is 32.2. The summed E-state index contributed by atoms with van der Waals surface area (Å²) in [4.78, 5) is 46.9. The van der Waals surface area contributed by atoms with Crippen LogP contribution in [0.25, 0.3) is 0 Å². The number of carbonyl (C=O) groups excluding carboxylic acids is 1. The summed E-state index contributed by atoms with van der Waals surface area (Å²) in [6.07, 6.45) is 8.24. The maximum absolute atomic E-state index is 12.7. The molecule has 0 amide bonds. The molecule has 0 aromatic heterocycles. The van der Waals surface area contributed by atoms with E-state index in [4.69, 9.17) is 14.5 Å². The standard InChI is InChI=1S/C28H44O10S/c29-17-1-11-23(26(31)32)16(13-17)15-36-38-20-5-9-22(10-6-20)39-21-7-3-19(4-8-21)37-28(35)25-14-18(30)2-12-24(25)27(33)34/h16-25,29-30H,1-15H2,(H,31,32)(H,33,34). The summed E-state index contributed by atoms with van der Waals surface area (Å²) in [6.45, 7) is 0.189. The lowest BCUT2D eigenvalue weighted by molar-refractivity contribution is -0.336. The SMILES string of the molecule is O=C(O)C1CCC(O)CC1COOC1CCC(SC2CCC(OC(=O)C3CC(O)CCC3C(=O)O)CC2)CC1. The van der Waals surface area contributed by atoms with Crippen molar-refractivity contribution in [2.45, 2.75) is 125 Å². The van der Waals surface area contributed by atoms with Gasteiger partial charge in [-0.05, 0) is 89.9 Å². The van der Waals surface area contributed by atoms with Crippen LogP contribution in [0.3, 0.4) is 0 Å². The van der Waals surface area contributed by atoms with Crippen molar-refractivity contribution in [3.63, 3.8) is 0 Å². The molecule has 4 saturated carbocycles. The molecule has 6 atom stereocenters. The van der Waals surface area contributed by atoms with Crippen LogP contribution in [0.1, 0.15) is 89.9 Å². The Balaban J connectivity index is 1.10.